The van der Waals surface area contributed by atoms with Gasteiger partial charge in [-0.3, -0.25) is 0 Å². The van der Waals surface area contributed by atoms with Crippen LogP contribution >= 0.6 is 23.2 Å². The molecule has 8 heteroatoms. The maximum Gasteiger partial charge on any atom is 0.333 e. The quantitative estimate of drug-likeness (QED) is 0.455. The number of hydrogen-bond acceptors (Lipinski definition) is 5. The van der Waals surface area contributed by atoms with Crippen LogP contribution in [0, 0.1) is 0 Å². The van der Waals surface area contributed by atoms with Crippen molar-refractivity contribution in [3.8, 4) is 11.4 Å². The lowest BCUT2D eigenvalue weighted by Gasteiger charge is -2.08. The zero-order valence-corrected chi connectivity index (χ0v) is 14.8. The van der Waals surface area contributed by atoms with Crippen molar-refractivity contribution >= 4 is 35.2 Å². The molecule has 1 aliphatic rings. The van der Waals surface area contributed by atoms with Crippen LogP contribution in [0.2, 0.25) is 10.3 Å². The number of rotatable bonds is 5. The van der Waals surface area contributed by atoms with E-state index in [1.54, 1.807) is 32.1 Å². The van der Waals surface area contributed by atoms with E-state index in [1.807, 2.05) is 4.57 Å². The molecule has 0 saturated heterocycles. The van der Waals surface area contributed by atoms with E-state index in [2.05, 4.69) is 15.2 Å². The number of halogens is 2. The maximum absolute atomic E-state index is 11.8. The summed E-state index contributed by atoms with van der Waals surface area (Å²) in [5.74, 6) is 0.910. The van der Waals surface area contributed by atoms with Crippen LogP contribution < -0.4 is 0 Å². The Morgan fingerprint density at radius 1 is 1.33 bits per heavy atom. The second-order valence-corrected chi connectivity index (χ2v) is 6.31. The Hall–Kier alpha value is -1.92. The second kappa shape index (κ2) is 6.91. The molecule has 2 aromatic rings. The average molecular weight is 367 g/mol. The molecule has 1 aliphatic carbocycles. The third-order valence-corrected chi connectivity index (χ3v) is 3.99. The fourth-order valence-electron chi connectivity index (χ4n) is 2.38. The Kier molecular flexibility index (Phi) is 4.87. The molecule has 0 radical (unpaired) electrons. The van der Waals surface area contributed by atoms with Crippen LogP contribution in [0.1, 0.15) is 38.6 Å². The van der Waals surface area contributed by atoms with E-state index in [0.717, 1.165) is 18.4 Å². The molecule has 0 amide bonds. The zero-order valence-electron chi connectivity index (χ0n) is 13.3. The number of nitrogens with zero attached hydrogens (tertiary/aromatic N) is 4. The molecule has 0 aromatic carbocycles. The van der Waals surface area contributed by atoms with Crippen molar-refractivity contribution in [2.75, 3.05) is 6.61 Å². The molecule has 0 aliphatic heterocycles. The smallest absolute Gasteiger partial charge is 0.333 e. The number of aromatic nitrogens is 4. The van der Waals surface area contributed by atoms with Gasteiger partial charge in [0.25, 0.3) is 0 Å². The number of carbonyl (C=O) groups excluding carboxylic acids is 1. The minimum Gasteiger partial charge on any atom is -0.463 e. The van der Waals surface area contributed by atoms with E-state index >= 15 is 0 Å². The van der Waals surface area contributed by atoms with E-state index < -0.39 is 0 Å². The van der Waals surface area contributed by atoms with Gasteiger partial charge in [-0.05, 0) is 44.9 Å². The van der Waals surface area contributed by atoms with Crippen LogP contribution in [0.4, 0.5) is 0 Å². The molecule has 24 heavy (non-hydrogen) atoms. The van der Waals surface area contributed by atoms with Crippen molar-refractivity contribution < 1.29 is 9.53 Å². The summed E-state index contributed by atoms with van der Waals surface area (Å²) in [6.45, 7) is 3.80. The molecule has 6 nitrogen and oxygen atoms in total. The minimum absolute atomic E-state index is 0.294. The summed E-state index contributed by atoms with van der Waals surface area (Å²) in [6, 6.07) is 3.70. The summed E-state index contributed by atoms with van der Waals surface area (Å²) in [4.78, 5) is 15.8. The molecule has 3 rings (SSSR count). The first-order chi connectivity index (χ1) is 11.5. The van der Waals surface area contributed by atoms with Crippen LogP contribution in [0.3, 0.4) is 0 Å². The molecule has 0 N–H and O–H groups in total. The van der Waals surface area contributed by atoms with Gasteiger partial charge in [-0.2, -0.15) is 0 Å². The molecule has 0 bridgehead atoms. The predicted octanol–water partition coefficient (Wildman–Crippen LogP) is 3.95. The average Bonchev–Trinajstić information content (AvgIpc) is 3.27. The Balaban J connectivity index is 2.03. The molecule has 1 saturated carbocycles. The first kappa shape index (κ1) is 16.9. The molecular formula is C16H16Cl2N4O2. The largest absolute Gasteiger partial charge is 0.463 e. The van der Waals surface area contributed by atoms with E-state index in [9.17, 15) is 4.79 Å². The Labute approximate surface area is 149 Å². The molecule has 0 atom stereocenters. The van der Waals surface area contributed by atoms with Gasteiger partial charge in [0, 0.05) is 17.2 Å². The second-order valence-electron chi connectivity index (χ2n) is 5.53. The fourth-order valence-corrected chi connectivity index (χ4v) is 2.84. The molecule has 126 valence electrons. The van der Waals surface area contributed by atoms with Gasteiger partial charge in [0.1, 0.15) is 10.3 Å². The summed E-state index contributed by atoms with van der Waals surface area (Å²) in [7, 11) is 0. The zero-order chi connectivity index (χ0) is 17.3. The van der Waals surface area contributed by atoms with Crippen LogP contribution in [0.15, 0.2) is 17.7 Å². The number of carbonyl (C=O) groups is 1. The third kappa shape index (κ3) is 3.60. The number of ether oxygens (including phenoxy) is 1. The van der Waals surface area contributed by atoms with Gasteiger partial charge < -0.3 is 9.30 Å². The van der Waals surface area contributed by atoms with Crippen LogP contribution in [-0.4, -0.2) is 32.3 Å². The summed E-state index contributed by atoms with van der Waals surface area (Å²) >= 11 is 12.0. The fraction of sp³-hybridized carbons (Fsp3) is 0.375. The number of esters is 1. The van der Waals surface area contributed by atoms with Gasteiger partial charge in [0.15, 0.2) is 11.6 Å². The van der Waals surface area contributed by atoms with Gasteiger partial charge in [0.2, 0.25) is 0 Å². The van der Waals surface area contributed by atoms with Crippen molar-refractivity contribution in [1.82, 2.24) is 19.7 Å². The van der Waals surface area contributed by atoms with Gasteiger partial charge >= 0.3 is 5.97 Å². The van der Waals surface area contributed by atoms with E-state index in [4.69, 9.17) is 27.9 Å². The normalized spacial score (nSPS) is 14.8. The van der Waals surface area contributed by atoms with Crippen LogP contribution in [0.25, 0.3) is 17.5 Å². The Bertz CT molecular complexity index is 792. The van der Waals surface area contributed by atoms with Crippen molar-refractivity contribution in [2.24, 2.45) is 0 Å². The van der Waals surface area contributed by atoms with Crippen molar-refractivity contribution in [1.29, 1.82) is 0 Å². The Morgan fingerprint density at radius 2 is 2.00 bits per heavy atom. The molecule has 2 heterocycles. The first-order valence-corrected chi connectivity index (χ1v) is 8.39. The highest BCUT2D eigenvalue weighted by molar-refractivity contribution is 6.32. The summed E-state index contributed by atoms with van der Waals surface area (Å²) in [5.41, 5.74) is 1.22. The van der Waals surface area contributed by atoms with Crippen molar-refractivity contribution in [3.05, 3.63) is 33.8 Å². The van der Waals surface area contributed by atoms with E-state index in [1.165, 1.54) is 0 Å². The van der Waals surface area contributed by atoms with Crippen LogP contribution in [-0.2, 0) is 9.53 Å². The highest BCUT2D eigenvalue weighted by Gasteiger charge is 2.30. The lowest BCUT2D eigenvalue weighted by Crippen LogP contribution is -2.06. The molecular weight excluding hydrogens is 351 g/mol. The van der Waals surface area contributed by atoms with Gasteiger partial charge in [-0.25, -0.2) is 9.78 Å². The molecule has 0 spiro atoms. The lowest BCUT2D eigenvalue weighted by atomic mass is 10.2. The highest BCUT2D eigenvalue weighted by Crippen LogP contribution is 2.39. The standard InChI is InChI=1S/C16H16Cl2N4O2/c1-3-24-16(23)9(2)6-14-20-21-15(22(14)11-4-5-11)10-7-12(17)19-13(18)8-10/h6-8,11H,3-5H2,1-2H3. The van der Waals surface area contributed by atoms with Crippen LogP contribution in [0.5, 0.6) is 0 Å². The third-order valence-electron chi connectivity index (χ3n) is 3.60. The van der Waals surface area contributed by atoms with Gasteiger partial charge in [-0.1, -0.05) is 23.2 Å². The van der Waals surface area contributed by atoms with Crippen molar-refractivity contribution in [3.63, 3.8) is 0 Å². The topological polar surface area (TPSA) is 69.9 Å². The summed E-state index contributed by atoms with van der Waals surface area (Å²) in [5, 5.41) is 9.07. The molecule has 0 unspecified atom stereocenters. The number of hydrogen-bond donors (Lipinski definition) is 0. The predicted molar refractivity (Wildman–Crippen MR) is 91.8 cm³/mol. The van der Waals surface area contributed by atoms with Crippen molar-refractivity contribution in [2.45, 2.75) is 32.7 Å². The van der Waals surface area contributed by atoms with E-state index in [0.29, 0.717) is 40.2 Å². The lowest BCUT2D eigenvalue weighted by molar-refractivity contribution is -0.138. The molecule has 1 fully saturated rings. The first-order valence-electron chi connectivity index (χ1n) is 7.63. The molecule has 2 aromatic heterocycles. The SMILES string of the molecule is CCOC(=O)C(C)=Cc1nnc(-c2cc(Cl)nc(Cl)c2)n1C1CC1. The summed E-state index contributed by atoms with van der Waals surface area (Å²) in [6.07, 6.45) is 3.77. The maximum atomic E-state index is 11.8. The highest BCUT2D eigenvalue weighted by atomic mass is 35.5. The van der Waals surface area contributed by atoms with Gasteiger partial charge in [-0.15, -0.1) is 10.2 Å². The summed E-state index contributed by atoms with van der Waals surface area (Å²) < 4.78 is 7.01. The number of pyridine rings is 1. The Morgan fingerprint density at radius 3 is 2.58 bits per heavy atom. The monoisotopic (exact) mass is 366 g/mol. The van der Waals surface area contributed by atoms with Gasteiger partial charge in [0.05, 0.1) is 6.61 Å². The minimum atomic E-state index is -0.362. The van der Waals surface area contributed by atoms with E-state index in [-0.39, 0.29) is 5.97 Å².